The summed E-state index contributed by atoms with van der Waals surface area (Å²) in [6.07, 6.45) is 2.89. The summed E-state index contributed by atoms with van der Waals surface area (Å²) in [5.74, 6) is -0.367. The van der Waals surface area contributed by atoms with Crippen molar-refractivity contribution in [2.45, 2.75) is 19.3 Å². The lowest BCUT2D eigenvalue weighted by Crippen LogP contribution is -2.36. The number of nitrogens with zero attached hydrogens (tertiary/aromatic N) is 2. The van der Waals surface area contributed by atoms with E-state index in [9.17, 15) is 9.59 Å². The highest BCUT2D eigenvalue weighted by atomic mass is 35.5. The molecule has 0 amide bonds. The van der Waals surface area contributed by atoms with Gasteiger partial charge in [0.2, 0.25) is 0 Å². The van der Waals surface area contributed by atoms with Gasteiger partial charge in [0.1, 0.15) is 0 Å². The maximum atomic E-state index is 12.3. The summed E-state index contributed by atoms with van der Waals surface area (Å²) < 4.78 is 9.72. The largest absolute Gasteiger partial charge is 0.469 e. The van der Waals surface area contributed by atoms with Crippen LogP contribution in [0.1, 0.15) is 28.9 Å². The lowest BCUT2D eigenvalue weighted by Gasteiger charge is -2.25. The fraction of sp³-hybridized carbons (Fsp3) is 0.643. The van der Waals surface area contributed by atoms with Gasteiger partial charge in [0.15, 0.2) is 15.2 Å². The summed E-state index contributed by atoms with van der Waals surface area (Å²) in [6.45, 7) is 1.30. The Hall–Kier alpha value is -1.34. The third-order valence-electron chi connectivity index (χ3n) is 4.68. The average Bonchev–Trinajstić information content (AvgIpc) is 3.17. The predicted octanol–water partition coefficient (Wildman–Crippen LogP) is 2.36. The lowest BCUT2D eigenvalue weighted by atomic mass is 9.81. The highest BCUT2D eigenvalue weighted by Crippen LogP contribution is 2.51. The Morgan fingerprint density at radius 3 is 2.86 bits per heavy atom. The summed E-state index contributed by atoms with van der Waals surface area (Å²) in [6, 6.07) is 0. The van der Waals surface area contributed by atoms with E-state index >= 15 is 0 Å². The summed E-state index contributed by atoms with van der Waals surface area (Å²) in [5.41, 5.74) is -0.446. The van der Waals surface area contributed by atoms with E-state index in [1.807, 2.05) is 4.90 Å². The summed E-state index contributed by atoms with van der Waals surface area (Å²) in [7, 11) is 2.75. The zero-order valence-electron chi connectivity index (χ0n) is 12.4. The summed E-state index contributed by atoms with van der Waals surface area (Å²) >= 11 is 7.22. The van der Waals surface area contributed by atoms with Crippen LogP contribution in [0.2, 0.25) is 5.15 Å². The first kappa shape index (κ1) is 15.6. The Bertz CT molecular complexity index is 620. The molecular weight excluding hydrogens is 328 g/mol. The van der Waals surface area contributed by atoms with Crippen molar-refractivity contribution in [1.82, 2.24) is 4.98 Å². The van der Waals surface area contributed by atoms with Gasteiger partial charge in [0.05, 0.1) is 19.6 Å². The number of methoxy groups -OCH3 is 2. The molecule has 8 heteroatoms. The Morgan fingerprint density at radius 2 is 2.18 bits per heavy atom. The molecule has 2 unspecified atom stereocenters. The fourth-order valence-electron chi connectivity index (χ4n) is 3.62. The van der Waals surface area contributed by atoms with E-state index in [1.165, 1.54) is 25.6 Å². The number of carbonyl (C=O) groups excluding carboxylic acids is 2. The minimum atomic E-state index is -0.490. The SMILES string of the molecule is COC(=O)c1sc(N2CC3CCCC3(C(=O)OC)C2)nc1Cl. The second kappa shape index (κ2) is 5.70. The Kier molecular flexibility index (Phi) is 4.03. The van der Waals surface area contributed by atoms with Crippen LogP contribution in [0.4, 0.5) is 5.13 Å². The lowest BCUT2D eigenvalue weighted by molar-refractivity contribution is -0.152. The number of anilines is 1. The van der Waals surface area contributed by atoms with Gasteiger partial charge in [-0.15, -0.1) is 0 Å². The molecule has 1 aromatic rings. The molecule has 2 fully saturated rings. The molecule has 120 valence electrons. The van der Waals surface area contributed by atoms with E-state index in [2.05, 4.69) is 4.98 Å². The van der Waals surface area contributed by atoms with Crippen LogP contribution in [0.3, 0.4) is 0 Å². The van der Waals surface area contributed by atoms with E-state index in [0.29, 0.717) is 16.6 Å². The van der Waals surface area contributed by atoms with Crippen LogP contribution in [0.25, 0.3) is 0 Å². The highest BCUT2D eigenvalue weighted by molar-refractivity contribution is 7.18. The van der Waals surface area contributed by atoms with Gasteiger partial charge < -0.3 is 14.4 Å². The van der Waals surface area contributed by atoms with Gasteiger partial charge in [0, 0.05) is 13.1 Å². The number of fused-ring (bicyclic) bond motifs is 1. The first-order valence-corrected chi connectivity index (χ1v) is 8.29. The van der Waals surface area contributed by atoms with Crippen molar-refractivity contribution in [1.29, 1.82) is 0 Å². The van der Waals surface area contributed by atoms with E-state index in [4.69, 9.17) is 21.1 Å². The van der Waals surface area contributed by atoms with Crippen LogP contribution in [0, 0.1) is 11.3 Å². The molecule has 3 rings (SSSR count). The fourth-order valence-corrected chi connectivity index (χ4v) is 4.82. The standard InChI is InChI=1S/C14H17ClN2O4S/c1-20-11(18)9-10(15)16-13(22-9)17-6-8-4-3-5-14(8,7-17)12(19)21-2/h8H,3-7H2,1-2H3. The molecule has 0 bridgehead atoms. The maximum absolute atomic E-state index is 12.3. The molecule has 2 atom stereocenters. The topological polar surface area (TPSA) is 68.7 Å². The van der Waals surface area contributed by atoms with E-state index < -0.39 is 11.4 Å². The molecule has 0 radical (unpaired) electrons. The molecule has 1 saturated heterocycles. The highest BCUT2D eigenvalue weighted by Gasteiger charge is 2.56. The maximum Gasteiger partial charge on any atom is 0.351 e. The van der Waals surface area contributed by atoms with Gasteiger partial charge in [-0.25, -0.2) is 9.78 Å². The molecule has 2 heterocycles. The van der Waals surface area contributed by atoms with E-state index in [1.54, 1.807) is 0 Å². The predicted molar refractivity (Wildman–Crippen MR) is 82.5 cm³/mol. The third kappa shape index (κ3) is 2.27. The molecule has 1 aliphatic heterocycles. The van der Waals surface area contributed by atoms with Crippen LogP contribution in [-0.2, 0) is 14.3 Å². The number of hydrogen-bond acceptors (Lipinski definition) is 7. The number of esters is 2. The Morgan fingerprint density at radius 1 is 1.41 bits per heavy atom. The van der Waals surface area contributed by atoms with Crippen LogP contribution in [0.15, 0.2) is 0 Å². The molecule has 0 N–H and O–H groups in total. The van der Waals surface area contributed by atoms with Gasteiger partial charge in [-0.05, 0) is 18.8 Å². The van der Waals surface area contributed by atoms with Crippen molar-refractivity contribution >= 4 is 40.0 Å². The molecule has 2 aliphatic rings. The minimum Gasteiger partial charge on any atom is -0.469 e. The Labute approximate surface area is 137 Å². The van der Waals surface area contributed by atoms with Crippen molar-refractivity contribution in [2.24, 2.45) is 11.3 Å². The number of thiazole rings is 1. The van der Waals surface area contributed by atoms with E-state index in [0.717, 1.165) is 25.8 Å². The van der Waals surface area contributed by atoms with Crippen LogP contribution in [-0.4, -0.2) is 44.2 Å². The van der Waals surface area contributed by atoms with Gasteiger partial charge in [-0.2, -0.15) is 0 Å². The molecule has 6 nitrogen and oxygen atoms in total. The number of halogens is 1. The quantitative estimate of drug-likeness (QED) is 0.784. The van der Waals surface area contributed by atoms with Crippen molar-refractivity contribution in [2.75, 3.05) is 32.2 Å². The third-order valence-corrected chi connectivity index (χ3v) is 6.16. The number of hydrogen-bond donors (Lipinski definition) is 0. The van der Waals surface area contributed by atoms with Crippen molar-refractivity contribution in [3.63, 3.8) is 0 Å². The molecule has 1 saturated carbocycles. The molecular formula is C14H17ClN2O4S. The van der Waals surface area contributed by atoms with Crippen molar-refractivity contribution in [3.8, 4) is 0 Å². The van der Waals surface area contributed by atoms with Gasteiger partial charge >= 0.3 is 11.9 Å². The van der Waals surface area contributed by atoms with Crippen molar-refractivity contribution < 1.29 is 19.1 Å². The first-order valence-electron chi connectivity index (χ1n) is 7.10. The minimum absolute atomic E-state index is 0.145. The molecule has 0 aromatic carbocycles. The van der Waals surface area contributed by atoms with E-state index in [-0.39, 0.29) is 17.0 Å². The van der Waals surface area contributed by atoms with Crippen LogP contribution in [0.5, 0.6) is 0 Å². The summed E-state index contributed by atoms with van der Waals surface area (Å²) in [5, 5.41) is 0.805. The van der Waals surface area contributed by atoms with Gasteiger partial charge in [0.25, 0.3) is 0 Å². The normalized spacial score (nSPS) is 26.9. The van der Waals surface area contributed by atoms with Gasteiger partial charge in [-0.1, -0.05) is 29.4 Å². The number of ether oxygens (including phenoxy) is 2. The number of rotatable bonds is 3. The molecule has 1 aromatic heterocycles. The van der Waals surface area contributed by atoms with Crippen LogP contribution >= 0.6 is 22.9 Å². The number of aromatic nitrogens is 1. The molecule has 1 aliphatic carbocycles. The second-order valence-corrected chi connectivity index (χ2v) is 7.06. The second-order valence-electron chi connectivity index (χ2n) is 5.73. The monoisotopic (exact) mass is 344 g/mol. The number of carbonyl (C=O) groups is 2. The smallest absolute Gasteiger partial charge is 0.351 e. The molecule has 22 heavy (non-hydrogen) atoms. The molecule has 0 spiro atoms. The first-order chi connectivity index (χ1) is 10.5. The zero-order valence-corrected chi connectivity index (χ0v) is 14.0. The summed E-state index contributed by atoms with van der Waals surface area (Å²) in [4.78, 5) is 30.5. The van der Waals surface area contributed by atoms with Gasteiger partial charge in [-0.3, -0.25) is 4.79 Å². The van der Waals surface area contributed by atoms with Crippen LogP contribution < -0.4 is 4.90 Å². The van der Waals surface area contributed by atoms with Crippen molar-refractivity contribution in [3.05, 3.63) is 10.0 Å². The average molecular weight is 345 g/mol. The Balaban J connectivity index is 1.86. The zero-order chi connectivity index (χ0) is 15.9.